The van der Waals surface area contributed by atoms with Crippen molar-refractivity contribution in [2.45, 2.75) is 4.90 Å². The molecule has 0 spiro atoms. The summed E-state index contributed by atoms with van der Waals surface area (Å²) in [5.41, 5.74) is 0.526. The van der Waals surface area contributed by atoms with Crippen molar-refractivity contribution >= 4 is 32.8 Å². The summed E-state index contributed by atoms with van der Waals surface area (Å²) in [5, 5.41) is 2.89. The number of methoxy groups -OCH3 is 2. The Labute approximate surface area is 161 Å². The molecule has 0 saturated carbocycles. The maximum atomic E-state index is 13.3. The summed E-state index contributed by atoms with van der Waals surface area (Å²) in [5.74, 6) is -0.890. The van der Waals surface area contributed by atoms with Gasteiger partial charge in [-0.15, -0.1) is 0 Å². The van der Waals surface area contributed by atoms with Crippen LogP contribution in [0.3, 0.4) is 0 Å². The second-order valence-electron chi connectivity index (χ2n) is 5.79. The zero-order valence-electron chi connectivity index (χ0n) is 15.4. The molecule has 1 aromatic heterocycles. The second kappa shape index (κ2) is 7.35. The number of fused-ring (bicyclic) bond motifs is 1. The summed E-state index contributed by atoms with van der Waals surface area (Å²) in [6.07, 6.45) is 1.22. The van der Waals surface area contributed by atoms with Gasteiger partial charge >= 0.3 is 5.97 Å². The molecule has 28 heavy (non-hydrogen) atoms. The van der Waals surface area contributed by atoms with Crippen molar-refractivity contribution < 1.29 is 27.5 Å². The molecule has 3 rings (SSSR count). The van der Waals surface area contributed by atoms with E-state index in [9.17, 15) is 18.0 Å². The van der Waals surface area contributed by atoms with Crippen LogP contribution < -0.4 is 10.1 Å². The normalized spacial score (nSPS) is 11.2. The number of hydrogen-bond acceptors (Lipinski definition) is 6. The first kappa shape index (κ1) is 19.4. The summed E-state index contributed by atoms with van der Waals surface area (Å²) in [6.45, 7) is 0. The van der Waals surface area contributed by atoms with E-state index >= 15 is 0 Å². The molecular weight excluding hydrogens is 384 g/mol. The molecule has 0 aliphatic carbocycles. The predicted molar refractivity (Wildman–Crippen MR) is 102 cm³/mol. The monoisotopic (exact) mass is 402 g/mol. The number of carbonyl (C=O) groups is 2. The topological polar surface area (TPSA) is 104 Å². The Hall–Kier alpha value is -3.33. The van der Waals surface area contributed by atoms with E-state index in [2.05, 4.69) is 5.32 Å². The van der Waals surface area contributed by atoms with Gasteiger partial charge in [-0.05, 0) is 24.3 Å². The number of carbonyl (C=O) groups excluding carboxylic acids is 2. The fourth-order valence-electron chi connectivity index (χ4n) is 2.89. The maximum absolute atomic E-state index is 13.3. The van der Waals surface area contributed by atoms with Gasteiger partial charge in [0, 0.05) is 18.6 Å². The van der Waals surface area contributed by atoms with E-state index in [1.54, 1.807) is 24.3 Å². The van der Waals surface area contributed by atoms with E-state index in [1.807, 2.05) is 0 Å². The van der Waals surface area contributed by atoms with Crippen LogP contribution in [-0.4, -0.2) is 45.5 Å². The Kier molecular flexibility index (Phi) is 5.10. The van der Waals surface area contributed by atoms with Gasteiger partial charge in [-0.3, -0.25) is 4.79 Å². The number of hydrogen-bond donors (Lipinski definition) is 1. The van der Waals surface area contributed by atoms with Crippen molar-refractivity contribution in [1.29, 1.82) is 0 Å². The molecule has 0 saturated heterocycles. The molecule has 0 fully saturated rings. The predicted octanol–water partition coefficient (Wildman–Crippen LogP) is 2.03. The van der Waals surface area contributed by atoms with E-state index in [0.717, 1.165) is 3.97 Å². The van der Waals surface area contributed by atoms with E-state index in [0.29, 0.717) is 10.9 Å². The smallest absolute Gasteiger partial charge is 0.340 e. The summed E-state index contributed by atoms with van der Waals surface area (Å²) < 4.78 is 37.4. The molecular formula is C19H18N2O6S. The number of aromatic nitrogens is 1. The van der Waals surface area contributed by atoms with Crippen molar-refractivity contribution in [1.82, 2.24) is 9.29 Å². The second-order valence-corrected chi connectivity index (χ2v) is 7.61. The summed E-state index contributed by atoms with van der Waals surface area (Å²) >= 11 is 0. The minimum absolute atomic E-state index is 0.0794. The molecule has 0 aliphatic rings. The fourth-order valence-corrected chi connectivity index (χ4v) is 4.29. The van der Waals surface area contributed by atoms with Crippen LogP contribution in [0, 0.1) is 0 Å². The van der Waals surface area contributed by atoms with Gasteiger partial charge in [-0.2, -0.15) is 0 Å². The van der Waals surface area contributed by atoms with Crippen molar-refractivity contribution in [2.75, 3.05) is 21.3 Å². The molecule has 0 unspecified atom stereocenters. The number of ether oxygens (including phenoxy) is 2. The first-order valence-electron chi connectivity index (χ1n) is 8.19. The Balaban J connectivity index is 2.25. The summed E-state index contributed by atoms with van der Waals surface area (Å²) in [6, 6.07) is 10.6. The van der Waals surface area contributed by atoms with E-state index in [-0.39, 0.29) is 21.8 Å². The van der Waals surface area contributed by atoms with E-state index < -0.39 is 21.9 Å². The lowest BCUT2D eigenvalue weighted by Crippen LogP contribution is -2.20. The number of benzene rings is 2. The Morgan fingerprint density at radius 3 is 2.39 bits per heavy atom. The van der Waals surface area contributed by atoms with Crippen LogP contribution in [-0.2, 0) is 14.8 Å². The molecule has 3 aromatic rings. The SMILES string of the molecule is CNC(=O)c1cc(S(=O)(=O)n2cc(C(=O)OC)c3ccccc32)ccc1OC. The number of nitrogens with one attached hydrogen (secondary N) is 1. The number of nitrogens with zero attached hydrogens (tertiary/aromatic N) is 1. The van der Waals surface area contributed by atoms with E-state index in [1.165, 1.54) is 45.7 Å². The molecule has 2 aromatic carbocycles. The molecule has 9 heteroatoms. The first-order valence-corrected chi connectivity index (χ1v) is 9.63. The molecule has 1 N–H and O–H groups in total. The third-order valence-corrected chi connectivity index (χ3v) is 5.95. The summed E-state index contributed by atoms with van der Waals surface area (Å²) in [4.78, 5) is 24.0. The molecule has 0 atom stereocenters. The molecule has 8 nitrogen and oxygen atoms in total. The summed E-state index contributed by atoms with van der Waals surface area (Å²) in [7, 11) is -0.0556. The number of rotatable bonds is 5. The van der Waals surface area contributed by atoms with Crippen LogP contribution in [0.1, 0.15) is 20.7 Å². The highest BCUT2D eigenvalue weighted by atomic mass is 32.2. The molecule has 146 valence electrons. The van der Waals surface area contributed by atoms with Gasteiger partial charge in [0.15, 0.2) is 0 Å². The van der Waals surface area contributed by atoms with Crippen molar-refractivity contribution in [3.8, 4) is 5.75 Å². The van der Waals surface area contributed by atoms with Crippen LogP contribution in [0.5, 0.6) is 5.75 Å². The lowest BCUT2D eigenvalue weighted by atomic mass is 10.2. The molecule has 0 aliphatic heterocycles. The number of esters is 1. The first-order chi connectivity index (χ1) is 13.3. The van der Waals surface area contributed by atoms with Crippen LogP contribution in [0.2, 0.25) is 0 Å². The van der Waals surface area contributed by atoms with Crippen molar-refractivity contribution in [3.05, 3.63) is 59.8 Å². The van der Waals surface area contributed by atoms with Gasteiger partial charge in [0.05, 0.1) is 35.8 Å². The average Bonchev–Trinajstić information content (AvgIpc) is 3.12. The Morgan fingerprint density at radius 2 is 1.75 bits per heavy atom. The quantitative estimate of drug-likeness (QED) is 0.655. The Bertz CT molecular complexity index is 1180. The minimum atomic E-state index is -4.10. The molecule has 1 amide bonds. The van der Waals surface area contributed by atoms with Gasteiger partial charge in [0.1, 0.15) is 5.75 Å². The van der Waals surface area contributed by atoms with Gasteiger partial charge < -0.3 is 14.8 Å². The average molecular weight is 402 g/mol. The van der Waals surface area contributed by atoms with Crippen LogP contribution in [0.4, 0.5) is 0 Å². The lowest BCUT2D eigenvalue weighted by Gasteiger charge is -2.11. The van der Waals surface area contributed by atoms with Crippen LogP contribution in [0.15, 0.2) is 53.6 Å². The highest BCUT2D eigenvalue weighted by Gasteiger charge is 2.25. The Morgan fingerprint density at radius 1 is 1.04 bits per heavy atom. The van der Waals surface area contributed by atoms with Crippen molar-refractivity contribution in [3.63, 3.8) is 0 Å². The van der Waals surface area contributed by atoms with Crippen LogP contribution in [0.25, 0.3) is 10.9 Å². The third kappa shape index (κ3) is 3.09. The number of amides is 1. The molecule has 1 heterocycles. The van der Waals surface area contributed by atoms with Crippen molar-refractivity contribution in [2.24, 2.45) is 0 Å². The third-order valence-electron chi connectivity index (χ3n) is 4.28. The zero-order valence-corrected chi connectivity index (χ0v) is 16.2. The van der Waals surface area contributed by atoms with E-state index in [4.69, 9.17) is 9.47 Å². The lowest BCUT2D eigenvalue weighted by molar-refractivity contribution is 0.0603. The van der Waals surface area contributed by atoms with Gasteiger partial charge in [0.2, 0.25) is 0 Å². The van der Waals surface area contributed by atoms with Gasteiger partial charge in [-0.1, -0.05) is 18.2 Å². The fraction of sp³-hybridized carbons (Fsp3) is 0.158. The van der Waals surface area contributed by atoms with Crippen LogP contribution >= 0.6 is 0 Å². The maximum Gasteiger partial charge on any atom is 0.340 e. The minimum Gasteiger partial charge on any atom is -0.496 e. The molecule has 0 radical (unpaired) electrons. The molecule has 0 bridgehead atoms. The number of para-hydroxylation sites is 1. The standard InChI is InChI=1S/C19H18N2O6S/c1-20-18(22)14-10-12(8-9-17(14)26-2)28(24,25)21-11-15(19(23)27-3)13-6-4-5-7-16(13)21/h4-11H,1-3H3,(H,20,22). The highest BCUT2D eigenvalue weighted by molar-refractivity contribution is 7.90. The van der Waals surface area contributed by atoms with Gasteiger partial charge in [-0.25, -0.2) is 17.2 Å². The zero-order chi connectivity index (χ0) is 20.5. The largest absolute Gasteiger partial charge is 0.496 e. The van der Waals surface area contributed by atoms with Gasteiger partial charge in [0.25, 0.3) is 15.9 Å². The highest BCUT2D eigenvalue weighted by Crippen LogP contribution is 2.29.